The number of carbonyl (C=O) groups is 2. The molecule has 29 heavy (non-hydrogen) atoms. The Bertz CT molecular complexity index is 769. The van der Waals surface area contributed by atoms with E-state index in [1.807, 2.05) is 4.90 Å². The molecule has 3 rings (SSSR count). The molecule has 1 aromatic carbocycles. The van der Waals surface area contributed by atoms with Crippen molar-refractivity contribution in [2.45, 2.75) is 65.0 Å². The summed E-state index contributed by atoms with van der Waals surface area (Å²) in [6.45, 7) is 8.40. The molecule has 5 heteroatoms. The van der Waals surface area contributed by atoms with E-state index in [1.54, 1.807) is 18.7 Å². The molecular weight excluding hydrogens is 364 g/mol. The quantitative estimate of drug-likeness (QED) is 0.765. The summed E-state index contributed by atoms with van der Waals surface area (Å²) in [5, 5.41) is 9.99. The number of likely N-dealkylation sites (tertiary alicyclic amines) is 1. The highest BCUT2D eigenvalue weighted by Crippen LogP contribution is 2.42. The van der Waals surface area contributed by atoms with Crippen LogP contribution in [0.5, 0.6) is 0 Å². The number of amides is 2. The van der Waals surface area contributed by atoms with Crippen LogP contribution in [0.1, 0.15) is 64.0 Å². The first-order chi connectivity index (χ1) is 13.8. The summed E-state index contributed by atoms with van der Waals surface area (Å²) in [5.74, 6) is 0.364. The molecule has 158 valence electrons. The Morgan fingerprint density at radius 3 is 2.34 bits per heavy atom. The highest BCUT2D eigenvalue weighted by atomic mass is 16.3. The van der Waals surface area contributed by atoms with Gasteiger partial charge >= 0.3 is 0 Å². The number of aliphatic hydroxyl groups excluding tert-OH is 1. The predicted molar refractivity (Wildman–Crippen MR) is 115 cm³/mol. The zero-order chi connectivity index (χ0) is 21.1. The summed E-state index contributed by atoms with van der Waals surface area (Å²) in [6, 6.07) is 8.24. The third-order valence-corrected chi connectivity index (χ3v) is 6.24. The fourth-order valence-corrected chi connectivity index (χ4v) is 4.91. The second-order valence-corrected chi connectivity index (χ2v) is 8.83. The molecule has 0 radical (unpaired) electrons. The molecule has 1 fully saturated rings. The molecule has 1 N–H and O–H groups in total. The number of allylic oxidation sites excluding steroid dienone is 2. The number of carbonyl (C=O) groups excluding carboxylic acids is 2. The molecule has 1 aromatic rings. The number of hydrogen-bond donors (Lipinski definition) is 1. The van der Waals surface area contributed by atoms with Gasteiger partial charge in [0.05, 0.1) is 18.7 Å². The van der Waals surface area contributed by atoms with Crippen LogP contribution in [0, 0.1) is 5.92 Å². The molecule has 0 spiro atoms. The predicted octanol–water partition coefficient (Wildman–Crippen LogP) is 3.43. The SMILES string of the molecule is CC(=O)N(CC(C)C)C[C@H]1[C@@H](c2ccc(C3=CCCC3)cc2)[C@@H](CO)N1C(C)=O. The smallest absolute Gasteiger partial charge is 0.220 e. The van der Waals surface area contributed by atoms with Gasteiger partial charge in [0, 0.05) is 32.9 Å². The van der Waals surface area contributed by atoms with Gasteiger partial charge in [-0.15, -0.1) is 0 Å². The molecule has 2 amide bonds. The average Bonchev–Trinajstić information content (AvgIpc) is 3.18. The number of nitrogens with zero attached hydrogens (tertiary/aromatic N) is 2. The molecule has 1 aliphatic carbocycles. The Balaban J connectivity index is 1.85. The number of benzene rings is 1. The zero-order valence-corrected chi connectivity index (χ0v) is 18.1. The summed E-state index contributed by atoms with van der Waals surface area (Å²) >= 11 is 0. The molecule has 0 unspecified atom stereocenters. The van der Waals surface area contributed by atoms with Crippen LogP contribution in [0.25, 0.3) is 5.57 Å². The first-order valence-corrected chi connectivity index (χ1v) is 10.8. The van der Waals surface area contributed by atoms with Crippen molar-refractivity contribution in [3.05, 3.63) is 41.5 Å². The van der Waals surface area contributed by atoms with E-state index in [4.69, 9.17) is 0 Å². The Kier molecular flexibility index (Phi) is 6.78. The number of rotatable bonds is 7. The molecule has 0 bridgehead atoms. The van der Waals surface area contributed by atoms with E-state index in [0.717, 1.165) is 18.4 Å². The molecule has 0 aromatic heterocycles. The fraction of sp³-hybridized carbons (Fsp3) is 0.583. The standard InChI is InChI=1S/C24H34N2O3/c1-16(2)13-25(17(3)28)14-22-24(23(15-27)26(22)18(4)29)21-11-9-20(10-12-21)19-7-5-6-8-19/h7,9-12,16,22-24,27H,5-6,8,13-15H2,1-4H3/t22-,23+,24+/m0/s1. The molecule has 1 saturated heterocycles. The monoisotopic (exact) mass is 398 g/mol. The average molecular weight is 399 g/mol. The van der Waals surface area contributed by atoms with Crippen LogP contribution in [0.4, 0.5) is 0 Å². The Hall–Kier alpha value is -2.14. The molecule has 0 saturated carbocycles. The normalized spacial score (nSPS) is 23.7. The second kappa shape index (κ2) is 9.12. The van der Waals surface area contributed by atoms with Crippen molar-refractivity contribution in [3.8, 4) is 0 Å². The van der Waals surface area contributed by atoms with Crippen molar-refractivity contribution < 1.29 is 14.7 Å². The van der Waals surface area contributed by atoms with Gasteiger partial charge in [-0.25, -0.2) is 0 Å². The number of hydrogen-bond acceptors (Lipinski definition) is 3. The van der Waals surface area contributed by atoms with E-state index in [9.17, 15) is 14.7 Å². The lowest BCUT2D eigenvalue weighted by molar-refractivity contribution is -0.152. The van der Waals surface area contributed by atoms with Crippen LogP contribution in [0.15, 0.2) is 30.3 Å². The van der Waals surface area contributed by atoms with Gasteiger partial charge in [0.25, 0.3) is 0 Å². The first-order valence-electron chi connectivity index (χ1n) is 10.8. The summed E-state index contributed by atoms with van der Waals surface area (Å²) in [6.07, 6.45) is 5.81. The molecule has 1 aliphatic heterocycles. The van der Waals surface area contributed by atoms with E-state index in [-0.39, 0.29) is 36.4 Å². The minimum Gasteiger partial charge on any atom is -0.394 e. The van der Waals surface area contributed by atoms with Crippen LogP contribution < -0.4 is 0 Å². The van der Waals surface area contributed by atoms with Crippen molar-refractivity contribution >= 4 is 17.4 Å². The van der Waals surface area contributed by atoms with E-state index < -0.39 is 0 Å². The maximum atomic E-state index is 12.3. The maximum Gasteiger partial charge on any atom is 0.220 e. The van der Waals surface area contributed by atoms with Gasteiger partial charge in [-0.05, 0) is 41.9 Å². The highest BCUT2D eigenvalue weighted by Gasteiger charge is 2.50. The summed E-state index contributed by atoms with van der Waals surface area (Å²) in [7, 11) is 0. The largest absolute Gasteiger partial charge is 0.394 e. The van der Waals surface area contributed by atoms with Crippen molar-refractivity contribution in [2.75, 3.05) is 19.7 Å². The Morgan fingerprint density at radius 1 is 1.17 bits per heavy atom. The number of aliphatic hydroxyl groups is 1. The lowest BCUT2D eigenvalue weighted by atomic mass is 9.74. The Morgan fingerprint density at radius 2 is 1.86 bits per heavy atom. The van der Waals surface area contributed by atoms with Crippen molar-refractivity contribution in [2.24, 2.45) is 5.92 Å². The van der Waals surface area contributed by atoms with Crippen molar-refractivity contribution in [3.63, 3.8) is 0 Å². The van der Waals surface area contributed by atoms with E-state index in [1.165, 1.54) is 17.6 Å². The van der Waals surface area contributed by atoms with Crippen LogP contribution >= 0.6 is 0 Å². The topological polar surface area (TPSA) is 60.9 Å². The van der Waals surface area contributed by atoms with Gasteiger partial charge in [-0.1, -0.05) is 44.2 Å². The molecule has 1 heterocycles. The second-order valence-electron chi connectivity index (χ2n) is 8.83. The third-order valence-electron chi connectivity index (χ3n) is 6.24. The van der Waals surface area contributed by atoms with Gasteiger partial charge in [0.15, 0.2) is 0 Å². The van der Waals surface area contributed by atoms with E-state index in [0.29, 0.717) is 19.0 Å². The van der Waals surface area contributed by atoms with Gasteiger partial charge in [0.1, 0.15) is 0 Å². The fourth-order valence-electron chi connectivity index (χ4n) is 4.91. The van der Waals surface area contributed by atoms with Crippen LogP contribution in [0.3, 0.4) is 0 Å². The van der Waals surface area contributed by atoms with Gasteiger partial charge in [-0.2, -0.15) is 0 Å². The summed E-state index contributed by atoms with van der Waals surface area (Å²) < 4.78 is 0. The van der Waals surface area contributed by atoms with Gasteiger partial charge < -0.3 is 14.9 Å². The Labute approximate surface area is 174 Å². The lowest BCUT2D eigenvalue weighted by Gasteiger charge is -2.55. The highest BCUT2D eigenvalue weighted by molar-refractivity contribution is 5.77. The van der Waals surface area contributed by atoms with Crippen LogP contribution in [0.2, 0.25) is 0 Å². The third kappa shape index (κ3) is 4.55. The van der Waals surface area contributed by atoms with E-state index >= 15 is 0 Å². The van der Waals surface area contributed by atoms with E-state index in [2.05, 4.69) is 44.2 Å². The molecule has 5 nitrogen and oxygen atoms in total. The minimum atomic E-state index is -0.234. The minimum absolute atomic E-state index is 0.0249. The molecular formula is C24H34N2O3. The molecule has 2 aliphatic rings. The van der Waals surface area contributed by atoms with Crippen LogP contribution in [-0.2, 0) is 9.59 Å². The van der Waals surface area contributed by atoms with Crippen molar-refractivity contribution in [1.82, 2.24) is 9.80 Å². The first kappa shape index (κ1) is 21.6. The zero-order valence-electron chi connectivity index (χ0n) is 18.1. The molecule has 3 atom stereocenters. The summed E-state index contributed by atoms with van der Waals surface area (Å²) in [5.41, 5.74) is 3.80. The van der Waals surface area contributed by atoms with Crippen molar-refractivity contribution in [1.29, 1.82) is 0 Å². The maximum absolute atomic E-state index is 12.3. The van der Waals surface area contributed by atoms with Gasteiger partial charge in [-0.3, -0.25) is 9.59 Å². The lowest BCUT2D eigenvalue weighted by Crippen LogP contribution is -2.68. The summed E-state index contributed by atoms with van der Waals surface area (Å²) in [4.78, 5) is 28.1. The van der Waals surface area contributed by atoms with Crippen LogP contribution in [-0.4, -0.2) is 58.5 Å². The van der Waals surface area contributed by atoms with Gasteiger partial charge in [0.2, 0.25) is 11.8 Å².